The average Bonchev–Trinajstić information content (AvgIpc) is 3.36. The minimum absolute atomic E-state index is 0.0879. The lowest BCUT2D eigenvalue weighted by molar-refractivity contribution is -0.135. The Morgan fingerprint density at radius 3 is 2.68 bits per heavy atom. The molecule has 1 aromatic heterocycles. The molecule has 1 amide bonds. The highest BCUT2D eigenvalue weighted by Crippen LogP contribution is 2.34. The van der Waals surface area contributed by atoms with E-state index < -0.39 is 21.9 Å². The monoisotopic (exact) mass is 544 g/mol. The number of aryl methyl sites for hydroxylation is 1. The summed E-state index contributed by atoms with van der Waals surface area (Å²) < 4.78 is 48.1. The Bertz CT molecular complexity index is 1320. The van der Waals surface area contributed by atoms with E-state index >= 15 is 0 Å². The molecule has 1 aliphatic rings. The molecular formula is C28H33FN2O4S2. The van der Waals surface area contributed by atoms with Gasteiger partial charge in [0.25, 0.3) is 0 Å². The van der Waals surface area contributed by atoms with Crippen molar-refractivity contribution in [1.82, 2.24) is 9.21 Å². The summed E-state index contributed by atoms with van der Waals surface area (Å²) in [6.45, 7) is 6.50. The van der Waals surface area contributed by atoms with Crippen LogP contribution in [-0.2, 0) is 21.2 Å². The number of hydrogen-bond acceptors (Lipinski definition) is 5. The third-order valence-corrected chi connectivity index (χ3v) is 9.62. The van der Waals surface area contributed by atoms with Crippen molar-refractivity contribution in [3.05, 3.63) is 81.8 Å². The lowest BCUT2D eigenvalue weighted by atomic mass is 10.0. The van der Waals surface area contributed by atoms with E-state index in [1.54, 1.807) is 52.6 Å². The van der Waals surface area contributed by atoms with Crippen LogP contribution in [-0.4, -0.2) is 49.8 Å². The second kappa shape index (κ2) is 11.8. The van der Waals surface area contributed by atoms with Crippen molar-refractivity contribution >= 4 is 27.3 Å². The van der Waals surface area contributed by atoms with Gasteiger partial charge in [0, 0.05) is 24.0 Å². The van der Waals surface area contributed by atoms with Gasteiger partial charge < -0.3 is 9.64 Å². The van der Waals surface area contributed by atoms with Gasteiger partial charge in [-0.25, -0.2) is 12.8 Å². The van der Waals surface area contributed by atoms with Crippen LogP contribution < -0.4 is 4.74 Å². The van der Waals surface area contributed by atoms with Gasteiger partial charge in [-0.1, -0.05) is 44.0 Å². The standard InChI is InChI=1S/C28H33FN2O4S2/c1-4-20(2)17-30(37(33,34)24-10-8-21(3)9-11-24)18-28(32)31-14-12-27-25(13-15-36-27)26(31)19-35-23-7-5-6-22(29)16-23/h5-11,13,15-16,20,26H,4,12,14,17-19H2,1-3H3/t20-,26+/m0/s1. The predicted molar refractivity (Wildman–Crippen MR) is 144 cm³/mol. The van der Waals surface area contributed by atoms with Crippen LogP contribution in [0.1, 0.15) is 42.3 Å². The number of nitrogens with zero attached hydrogens (tertiary/aromatic N) is 2. The first kappa shape index (κ1) is 27.3. The van der Waals surface area contributed by atoms with Crippen molar-refractivity contribution in [2.24, 2.45) is 5.92 Å². The first-order valence-corrected chi connectivity index (χ1v) is 14.8. The van der Waals surface area contributed by atoms with Gasteiger partial charge in [0.05, 0.1) is 17.5 Å². The molecule has 2 heterocycles. The maximum atomic E-state index is 13.7. The van der Waals surface area contributed by atoms with Crippen LogP contribution in [0.5, 0.6) is 5.75 Å². The lowest BCUT2D eigenvalue weighted by Crippen LogP contribution is -2.48. The van der Waals surface area contributed by atoms with Crippen molar-refractivity contribution in [1.29, 1.82) is 0 Å². The molecule has 0 spiro atoms. The fourth-order valence-electron chi connectivity index (χ4n) is 4.43. The second-order valence-corrected chi connectivity index (χ2v) is 12.5. The summed E-state index contributed by atoms with van der Waals surface area (Å²) in [5.74, 6) is -0.198. The minimum Gasteiger partial charge on any atom is -0.491 e. The fraction of sp³-hybridized carbons (Fsp3) is 0.393. The summed E-state index contributed by atoms with van der Waals surface area (Å²) in [4.78, 5) is 16.8. The lowest BCUT2D eigenvalue weighted by Gasteiger charge is -2.37. The molecule has 198 valence electrons. The maximum absolute atomic E-state index is 13.7. The van der Waals surface area contributed by atoms with Crippen LogP contribution in [0.3, 0.4) is 0 Å². The molecule has 2 atom stereocenters. The van der Waals surface area contributed by atoms with Crippen molar-refractivity contribution in [3.63, 3.8) is 0 Å². The van der Waals surface area contributed by atoms with E-state index in [0.717, 1.165) is 17.5 Å². The Labute approximate surface area is 222 Å². The van der Waals surface area contributed by atoms with Crippen LogP contribution in [0.15, 0.2) is 64.9 Å². The van der Waals surface area contributed by atoms with E-state index in [9.17, 15) is 17.6 Å². The smallest absolute Gasteiger partial charge is 0.243 e. The molecular weight excluding hydrogens is 511 g/mol. The topological polar surface area (TPSA) is 66.9 Å². The number of amides is 1. The SMILES string of the molecule is CC[C@H](C)CN(CC(=O)N1CCc2sccc2[C@H]1COc1cccc(F)c1)S(=O)(=O)c1ccc(C)cc1. The maximum Gasteiger partial charge on any atom is 0.243 e. The van der Waals surface area contributed by atoms with E-state index in [0.29, 0.717) is 18.7 Å². The first-order valence-electron chi connectivity index (χ1n) is 12.5. The van der Waals surface area contributed by atoms with Gasteiger partial charge in [-0.05, 0) is 60.5 Å². The Morgan fingerprint density at radius 2 is 1.97 bits per heavy atom. The molecule has 3 aromatic rings. The number of halogens is 1. The van der Waals surface area contributed by atoms with Crippen LogP contribution in [0.2, 0.25) is 0 Å². The molecule has 0 radical (unpaired) electrons. The number of ether oxygens (including phenoxy) is 1. The third kappa shape index (κ3) is 6.40. The highest BCUT2D eigenvalue weighted by molar-refractivity contribution is 7.89. The highest BCUT2D eigenvalue weighted by Gasteiger charge is 2.35. The molecule has 0 aliphatic carbocycles. The van der Waals surface area contributed by atoms with Gasteiger partial charge in [-0.2, -0.15) is 4.31 Å². The van der Waals surface area contributed by atoms with Crippen molar-refractivity contribution in [2.45, 2.75) is 44.6 Å². The number of carbonyl (C=O) groups excluding carboxylic acids is 1. The molecule has 0 bridgehead atoms. The number of rotatable bonds is 10. The number of fused-ring (bicyclic) bond motifs is 1. The van der Waals surface area contributed by atoms with E-state index in [1.807, 2.05) is 32.2 Å². The summed E-state index contributed by atoms with van der Waals surface area (Å²) in [7, 11) is -3.87. The Kier molecular flexibility index (Phi) is 8.67. The minimum atomic E-state index is -3.87. The molecule has 2 aromatic carbocycles. The van der Waals surface area contributed by atoms with Gasteiger partial charge in [0.1, 0.15) is 18.2 Å². The average molecular weight is 545 g/mol. The summed E-state index contributed by atoms with van der Waals surface area (Å²) in [5.41, 5.74) is 1.96. The van der Waals surface area contributed by atoms with Crippen LogP contribution in [0, 0.1) is 18.7 Å². The van der Waals surface area contributed by atoms with Gasteiger partial charge in [0.2, 0.25) is 15.9 Å². The fourth-order valence-corrected chi connectivity index (χ4v) is 6.87. The highest BCUT2D eigenvalue weighted by atomic mass is 32.2. The van der Waals surface area contributed by atoms with Gasteiger partial charge in [0.15, 0.2) is 0 Å². The van der Waals surface area contributed by atoms with E-state index in [-0.39, 0.29) is 36.4 Å². The number of sulfonamides is 1. The van der Waals surface area contributed by atoms with Crippen molar-refractivity contribution in [3.8, 4) is 5.75 Å². The van der Waals surface area contributed by atoms with Gasteiger partial charge in [-0.15, -0.1) is 11.3 Å². The zero-order valence-electron chi connectivity index (χ0n) is 21.4. The molecule has 9 heteroatoms. The number of benzene rings is 2. The van der Waals surface area contributed by atoms with Crippen LogP contribution >= 0.6 is 11.3 Å². The zero-order valence-corrected chi connectivity index (χ0v) is 23.0. The first-order chi connectivity index (χ1) is 17.7. The molecule has 4 rings (SSSR count). The Hall–Kier alpha value is -2.75. The van der Waals surface area contributed by atoms with E-state index in [4.69, 9.17) is 4.74 Å². The van der Waals surface area contributed by atoms with Crippen molar-refractivity contribution in [2.75, 3.05) is 26.2 Å². The Morgan fingerprint density at radius 1 is 1.22 bits per heavy atom. The molecule has 6 nitrogen and oxygen atoms in total. The molecule has 0 unspecified atom stereocenters. The molecule has 0 fully saturated rings. The number of carbonyl (C=O) groups is 1. The number of thiophene rings is 1. The normalized spacial score (nSPS) is 16.5. The van der Waals surface area contributed by atoms with Crippen LogP contribution in [0.4, 0.5) is 4.39 Å². The molecule has 1 aliphatic heterocycles. The molecule has 0 N–H and O–H groups in total. The summed E-state index contributed by atoms with van der Waals surface area (Å²) >= 11 is 1.64. The third-order valence-electron chi connectivity index (χ3n) is 6.80. The summed E-state index contributed by atoms with van der Waals surface area (Å²) in [5, 5.41) is 1.99. The Balaban J connectivity index is 1.58. The van der Waals surface area contributed by atoms with Gasteiger partial charge >= 0.3 is 0 Å². The number of hydrogen-bond donors (Lipinski definition) is 0. The van der Waals surface area contributed by atoms with E-state index in [2.05, 4.69) is 0 Å². The molecule has 37 heavy (non-hydrogen) atoms. The zero-order chi connectivity index (χ0) is 26.6. The second-order valence-electron chi connectivity index (χ2n) is 9.54. The van der Waals surface area contributed by atoms with Crippen LogP contribution in [0.25, 0.3) is 0 Å². The van der Waals surface area contributed by atoms with Crippen molar-refractivity contribution < 1.29 is 22.3 Å². The quantitative estimate of drug-likeness (QED) is 0.341. The molecule has 0 saturated carbocycles. The van der Waals surface area contributed by atoms with E-state index in [1.165, 1.54) is 21.3 Å². The van der Waals surface area contributed by atoms with Gasteiger partial charge in [-0.3, -0.25) is 4.79 Å². The molecule has 0 saturated heterocycles. The summed E-state index contributed by atoms with van der Waals surface area (Å²) in [6, 6.07) is 14.2. The summed E-state index contributed by atoms with van der Waals surface area (Å²) in [6.07, 6.45) is 1.49. The largest absolute Gasteiger partial charge is 0.491 e. The predicted octanol–water partition coefficient (Wildman–Crippen LogP) is 5.44.